The number of nitrogens with two attached hydrogens (primary N) is 1. The molecule has 1 aliphatic heterocycles. The highest BCUT2D eigenvalue weighted by molar-refractivity contribution is 6.35. The van der Waals surface area contributed by atoms with Gasteiger partial charge in [-0.05, 0) is 43.1 Å². The molecule has 2 aliphatic rings. The zero-order valence-corrected chi connectivity index (χ0v) is 19.4. The number of nitrogens with zero attached hydrogens (tertiary/aromatic N) is 5. The molecule has 2 atom stereocenters. The molecule has 0 aromatic carbocycles. The molecule has 1 aliphatic carbocycles. The van der Waals surface area contributed by atoms with Crippen LogP contribution in [0.3, 0.4) is 0 Å². The van der Waals surface area contributed by atoms with E-state index in [4.69, 9.17) is 22.3 Å². The minimum atomic E-state index is -0.154. The monoisotopic (exact) mass is 456 g/mol. The van der Waals surface area contributed by atoms with Gasteiger partial charge < -0.3 is 16.0 Å². The highest BCUT2D eigenvalue weighted by Gasteiger charge is 2.46. The van der Waals surface area contributed by atoms with Crippen molar-refractivity contribution in [3.05, 3.63) is 27.6 Å². The van der Waals surface area contributed by atoms with Crippen molar-refractivity contribution in [3.63, 3.8) is 0 Å². The van der Waals surface area contributed by atoms with Crippen LogP contribution in [0.5, 0.6) is 0 Å². The third-order valence-corrected chi connectivity index (χ3v) is 7.78. The first-order valence-corrected chi connectivity index (χ1v) is 11.5. The van der Waals surface area contributed by atoms with E-state index in [2.05, 4.69) is 32.3 Å². The number of anilines is 2. The molecule has 4 N–H and O–H groups in total. The Morgan fingerprint density at radius 2 is 2.09 bits per heavy atom. The van der Waals surface area contributed by atoms with Crippen LogP contribution in [0.2, 0.25) is 5.02 Å². The van der Waals surface area contributed by atoms with Gasteiger partial charge >= 0.3 is 0 Å². The van der Waals surface area contributed by atoms with Gasteiger partial charge in [0.25, 0.3) is 5.56 Å². The van der Waals surface area contributed by atoms with Crippen LogP contribution in [0.15, 0.2) is 17.1 Å². The summed E-state index contributed by atoms with van der Waals surface area (Å²) in [5, 5.41) is 11.1. The molecule has 1 spiro atoms. The Hall–Kier alpha value is -2.65. The first kappa shape index (κ1) is 21.2. The van der Waals surface area contributed by atoms with Gasteiger partial charge in [0, 0.05) is 45.0 Å². The average molecular weight is 457 g/mol. The molecular formula is C22H29ClN8O. The van der Waals surface area contributed by atoms with Gasteiger partial charge in [0.05, 0.1) is 5.02 Å². The van der Waals surface area contributed by atoms with Crippen LogP contribution in [-0.4, -0.2) is 50.9 Å². The molecule has 1 saturated carbocycles. The number of nitrogens with one attached hydrogen (secondary N) is 2. The van der Waals surface area contributed by atoms with Gasteiger partial charge in [-0.15, -0.1) is 0 Å². The second-order valence-electron chi connectivity index (χ2n) is 9.34. The number of hydrogen-bond donors (Lipinski definition) is 3. The lowest BCUT2D eigenvalue weighted by Gasteiger charge is -2.42. The molecular weight excluding hydrogens is 428 g/mol. The van der Waals surface area contributed by atoms with E-state index < -0.39 is 0 Å². The van der Waals surface area contributed by atoms with Gasteiger partial charge in [-0.1, -0.05) is 18.5 Å². The van der Waals surface area contributed by atoms with E-state index in [0.29, 0.717) is 45.0 Å². The number of fused-ring (bicyclic) bond motifs is 1. The van der Waals surface area contributed by atoms with Gasteiger partial charge in [-0.2, -0.15) is 10.1 Å². The molecule has 1 saturated heterocycles. The smallest absolute Gasteiger partial charge is 0.266 e. The van der Waals surface area contributed by atoms with Crippen LogP contribution < -0.4 is 21.5 Å². The Kier molecular flexibility index (Phi) is 5.13. The molecule has 32 heavy (non-hydrogen) atoms. The van der Waals surface area contributed by atoms with E-state index in [9.17, 15) is 4.79 Å². The first-order valence-electron chi connectivity index (χ1n) is 11.1. The van der Waals surface area contributed by atoms with Crippen molar-refractivity contribution >= 4 is 34.4 Å². The highest BCUT2D eigenvalue weighted by atomic mass is 35.5. The second kappa shape index (κ2) is 7.74. The van der Waals surface area contributed by atoms with Crippen LogP contribution in [0.25, 0.3) is 22.3 Å². The quantitative estimate of drug-likeness (QED) is 0.554. The number of H-pyrrole nitrogens is 1. The SMILES string of the molecule is CNc1nccc(-c2n[nH]c3nc(N4CCC5(CC4)C[C@@H](C)C[C@H]5N)n(C)c(=O)c23)c1Cl. The number of aromatic nitrogens is 5. The Morgan fingerprint density at radius 3 is 2.75 bits per heavy atom. The molecule has 170 valence electrons. The summed E-state index contributed by atoms with van der Waals surface area (Å²) in [5.41, 5.74) is 8.16. The van der Waals surface area contributed by atoms with E-state index in [1.807, 2.05) is 0 Å². The minimum absolute atomic E-state index is 0.154. The van der Waals surface area contributed by atoms with Crippen molar-refractivity contribution in [1.82, 2.24) is 24.7 Å². The van der Waals surface area contributed by atoms with Crippen LogP contribution in [-0.2, 0) is 7.05 Å². The summed E-state index contributed by atoms with van der Waals surface area (Å²) in [6, 6.07) is 2.02. The van der Waals surface area contributed by atoms with Crippen LogP contribution >= 0.6 is 11.6 Å². The second-order valence-corrected chi connectivity index (χ2v) is 9.72. The number of halogens is 1. The predicted molar refractivity (Wildman–Crippen MR) is 127 cm³/mol. The highest BCUT2D eigenvalue weighted by Crippen LogP contribution is 2.48. The third-order valence-electron chi connectivity index (χ3n) is 7.40. The Balaban J connectivity index is 1.50. The van der Waals surface area contributed by atoms with Gasteiger partial charge in [-0.3, -0.25) is 14.5 Å². The van der Waals surface area contributed by atoms with Crippen molar-refractivity contribution in [2.45, 2.75) is 38.6 Å². The summed E-state index contributed by atoms with van der Waals surface area (Å²) in [5.74, 6) is 1.87. The zero-order valence-electron chi connectivity index (χ0n) is 18.7. The molecule has 0 bridgehead atoms. The van der Waals surface area contributed by atoms with Crippen LogP contribution in [0.4, 0.5) is 11.8 Å². The van der Waals surface area contributed by atoms with E-state index in [0.717, 1.165) is 32.4 Å². The van der Waals surface area contributed by atoms with Crippen molar-refractivity contribution < 1.29 is 0 Å². The summed E-state index contributed by atoms with van der Waals surface area (Å²) < 4.78 is 1.62. The lowest BCUT2D eigenvalue weighted by Crippen LogP contribution is -2.48. The fourth-order valence-corrected chi connectivity index (χ4v) is 5.96. The Morgan fingerprint density at radius 1 is 1.34 bits per heavy atom. The molecule has 0 amide bonds. The number of pyridine rings is 1. The molecule has 9 nitrogen and oxygen atoms in total. The fraction of sp³-hybridized carbons (Fsp3) is 0.545. The number of hydrogen-bond acceptors (Lipinski definition) is 7. The maximum Gasteiger partial charge on any atom is 0.266 e. The molecule has 3 aromatic rings. The summed E-state index contributed by atoms with van der Waals surface area (Å²) in [4.78, 5) is 24.6. The van der Waals surface area contributed by atoms with Crippen molar-refractivity contribution in [3.8, 4) is 11.3 Å². The number of aromatic amines is 1. The first-order chi connectivity index (χ1) is 15.3. The number of rotatable bonds is 3. The molecule has 0 radical (unpaired) electrons. The standard InChI is InChI=1S/C22H29ClN8O/c1-12-10-14(24)22(11-12)5-8-31(9-6-22)21-27-18-15(20(32)30(21)3)17(28-29-18)13-4-7-26-19(25-2)16(13)23/h4,7,12,14H,5-6,8-11,24H2,1-3H3,(H,25,26)(H,28,29)/t12-,14+/m0/s1. The summed E-state index contributed by atoms with van der Waals surface area (Å²) in [7, 11) is 3.51. The largest absolute Gasteiger partial charge is 0.372 e. The van der Waals surface area contributed by atoms with Crippen LogP contribution in [0, 0.1) is 11.3 Å². The van der Waals surface area contributed by atoms with Gasteiger partial charge in [0.1, 0.15) is 16.9 Å². The van der Waals surface area contributed by atoms with Gasteiger partial charge in [0.15, 0.2) is 5.65 Å². The summed E-state index contributed by atoms with van der Waals surface area (Å²) in [6.45, 7) is 3.98. The number of piperidine rings is 1. The summed E-state index contributed by atoms with van der Waals surface area (Å²) >= 11 is 6.50. The molecule has 0 unspecified atom stereocenters. The topological polar surface area (TPSA) is 118 Å². The molecule has 2 fully saturated rings. The lowest BCUT2D eigenvalue weighted by atomic mass is 9.74. The fourth-order valence-electron chi connectivity index (χ4n) is 5.67. The Bertz CT molecular complexity index is 1230. The van der Waals surface area contributed by atoms with E-state index >= 15 is 0 Å². The summed E-state index contributed by atoms with van der Waals surface area (Å²) in [6.07, 6.45) is 5.99. The normalized spacial score (nSPS) is 22.7. The molecule has 5 rings (SSSR count). The van der Waals surface area contributed by atoms with E-state index in [-0.39, 0.29) is 17.0 Å². The predicted octanol–water partition coefficient (Wildman–Crippen LogP) is 2.76. The van der Waals surface area contributed by atoms with Gasteiger partial charge in [0.2, 0.25) is 5.95 Å². The average Bonchev–Trinajstić information content (AvgIpc) is 3.32. The lowest BCUT2D eigenvalue weighted by molar-refractivity contribution is 0.192. The third kappa shape index (κ3) is 3.17. The maximum atomic E-state index is 13.4. The van der Waals surface area contributed by atoms with E-state index in [1.165, 1.54) is 6.42 Å². The van der Waals surface area contributed by atoms with Crippen molar-refractivity contribution in [1.29, 1.82) is 0 Å². The minimum Gasteiger partial charge on any atom is -0.372 e. The van der Waals surface area contributed by atoms with Crippen molar-refractivity contribution in [2.24, 2.45) is 24.1 Å². The molecule has 3 aromatic heterocycles. The maximum absolute atomic E-state index is 13.4. The molecule has 4 heterocycles. The zero-order chi connectivity index (χ0) is 22.6. The van der Waals surface area contributed by atoms with Crippen molar-refractivity contribution in [2.75, 3.05) is 30.4 Å². The van der Waals surface area contributed by atoms with E-state index in [1.54, 1.807) is 30.9 Å². The van der Waals surface area contributed by atoms with Gasteiger partial charge in [-0.25, -0.2) is 4.98 Å². The molecule has 10 heteroatoms. The Labute approximate surface area is 191 Å². The van der Waals surface area contributed by atoms with Crippen LogP contribution in [0.1, 0.15) is 32.6 Å².